The summed E-state index contributed by atoms with van der Waals surface area (Å²) in [4.78, 5) is 0. The molecule has 32 valence electrons. The van der Waals surface area contributed by atoms with E-state index in [1.54, 1.807) is 0 Å². The molecule has 0 unspecified atom stereocenters. The minimum absolute atomic E-state index is 0.602. The third-order valence-electron chi connectivity index (χ3n) is 0.178. The summed E-state index contributed by atoms with van der Waals surface area (Å²) in [6, 6.07) is 0. The molecule has 0 aliphatic carbocycles. The van der Waals surface area contributed by atoms with Crippen molar-refractivity contribution in [1.29, 1.82) is 0 Å². The maximum absolute atomic E-state index is 5.16. The van der Waals surface area contributed by atoms with E-state index in [2.05, 4.69) is 45.2 Å². The fourth-order valence-corrected chi connectivity index (χ4v) is 0. The molecule has 3 heteroatoms. The lowest BCUT2D eigenvalue weighted by atomic mass is 10.8. The predicted octanol–water partition coefficient (Wildman–Crippen LogP) is 1.14. The Morgan fingerprint density at radius 2 is 1.80 bits per heavy atom. The van der Waals surface area contributed by atoms with Crippen LogP contribution in [-0.2, 0) is 0 Å². The molecule has 0 atom stereocenters. The third-order valence-corrected chi connectivity index (χ3v) is 1.20. The maximum atomic E-state index is 5.16. The number of hydrogen-bond donors (Lipinski definition) is 1. The number of hydrogen-bond acceptors (Lipinski definition) is 1. The van der Waals surface area contributed by atoms with Crippen LogP contribution >= 0.6 is 45.2 Å². The molecule has 0 spiro atoms. The Hall–Kier alpha value is 1.42. The van der Waals surface area contributed by atoms with Gasteiger partial charge in [-0.1, -0.05) is 45.2 Å². The van der Waals surface area contributed by atoms with Gasteiger partial charge in [-0.2, -0.15) is 0 Å². The van der Waals surface area contributed by atoms with Crippen LogP contribution in [-0.4, -0.2) is 8.48 Å². The van der Waals surface area contributed by atoms with Crippen LogP contribution in [0.1, 0.15) is 0 Å². The van der Waals surface area contributed by atoms with Crippen molar-refractivity contribution in [1.82, 2.24) is 0 Å². The van der Waals surface area contributed by atoms with Crippen LogP contribution < -0.4 is 5.73 Å². The minimum Gasteiger partial charge on any atom is -0.329 e. The number of rotatable bonds is 1. The van der Waals surface area contributed by atoms with Crippen LogP contribution in [0.3, 0.4) is 0 Å². The molecule has 0 aliphatic rings. The van der Waals surface area contributed by atoms with Gasteiger partial charge in [0.15, 0.2) is 0 Å². The zero-order valence-corrected chi connectivity index (χ0v) is 6.93. The van der Waals surface area contributed by atoms with Crippen molar-refractivity contribution in [3.05, 3.63) is 0 Å². The fourth-order valence-electron chi connectivity index (χ4n) is 0. The zero-order valence-electron chi connectivity index (χ0n) is 2.62. The molecule has 0 aromatic rings. The average molecular weight is 297 g/mol. The molecule has 5 heavy (non-hydrogen) atoms. The molecular formula is C2H5I2N. The van der Waals surface area contributed by atoms with Gasteiger partial charge in [-0.3, -0.25) is 0 Å². The van der Waals surface area contributed by atoms with Crippen molar-refractivity contribution < 1.29 is 0 Å². The Morgan fingerprint density at radius 3 is 1.80 bits per heavy atom. The van der Waals surface area contributed by atoms with Crippen LogP contribution in [0.4, 0.5) is 0 Å². The van der Waals surface area contributed by atoms with E-state index in [-0.39, 0.29) is 0 Å². The highest BCUT2D eigenvalue weighted by molar-refractivity contribution is 14.2. The Balaban J connectivity index is 2.54. The first-order valence-corrected chi connectivity index (χ1v) is 3.74. The van der Waals surface area contributed by atoms with Gasteiger partial charge < -0.3 is 5.73 Å². The summed E-state index contributed by atoms with van der Waals surface area (Å²) in [6.07, 6.45) is 0. The van der Waals surface area contributed by atoms with Gasteiger partial charge in [0.25, 0.3) is 0 Å². The number of halogens is 2. The lowest BCUT2D eigenvalue weighted by molar-refractivity contribution is 1.15. The molecule has 0 amide bonds. The van der Waals surface area contributed by atoms with Gasteiger partial charge in [0.2, 0.25) is 0 Å². The van der Waals surface area contributed by atoms with Gasteiger partial charge in [0, 0.05) is 6.54 Å². The largest absolute Gasteiger partial charge is 0.329 e. The van der Waals surface area contributed by atoms with Gasteiger partial charge in [-0.05, 0) is 0 Å². The molecule has 0 aromatic heterocycles. The van der Waals surface area contributed by atoms with E-state index >= 15 is 0 Å². The summed E-state index contributed by atoms with van der Waals surface area (Å²) < 4.78 is 0.602. The molecular weight excluding hydrogens is 292 g/mol. The average Bonchev–Trinajstić information content (AvgIpc) is 1.38. The van der Waals surface area contributed by atoms with Crippen LogP contribution in [0.15, 0.2) is 0 Å². The van der Waals surface area contributed by atoms with E-state index in [4.69, 9.17) is 5.73 Å². The SMILES string of the molecule is NCC(I)I. The first-order chi connectivity index (χ1) is 2.27. The molecule has 2 N–H and O–H groups in total. The van der Waals surface area contributed by atoms with Gasteiger partial charge in [0.1, 0.15) is 0 Å². The number of nitrogens with two attached hydrogens (primary N) is 1. The van der Waals surface area contributed by atoms with Crippen LogP contribution in [0.5, 0.6) is 0 Å². The molecule has 0 saturated heterocycles. The first-order valence-electron chi connectivity index (χ1n) is 1.25. The highest BCUT2D eigenvalue weighted by Crippen LogP contribution is 2.04. The monoisotopic (exact) mass is 297 g/mol. The molecule has 0 aliphatic heterocycles. The summed E-state index contributed by atoms with van der Waals surface area (Å²) in [5, 5.41) is 0. The summed E-state index contributed by atoms with van der Waals surface area (Å²) in [6.45, 7) is 0.779. The molecule has 0 bridgehead atoms. The molecule has 0 saturated carbocycles. The van der Waals surface area contributed by atoms with E-state index in [0.29, 0.717) is 1.93 Å². The minimum atomic E-state index is 0.602. The Labute approximate surface area is 59.0 Å². The highest BCUT2D eigenvalue weighted by Gasteiger charge is 1.85. The smallest absolute Gasteiger partial charge is 0.0748 e. The Kier molecular flexibility index (Phi) is 4.63. The van der Waals surface area contributed by atoms with Crippen molar-refractivity contribution in [3.63, 3.8) is 0 Å². The molecule has 1 nitrogen and oxygen atoms in total. The van der Waals surface area contributed by atoms with Gasteiger partial charge >= 0.3 is 0 Å². The second-order valence-corrected chi connectivity index (χ2v) is 6.02. The Morgan fingerprint density at radius 1 is 1.60 bits per heavy atom. The second-order valence-electron chi connectivity index (χ2n) is 0.627. The summed E-state index contributed by atoms with van der Waals surface area (Å²) in [5.74, 6) is 0. The van der Waals surface area contributed by atoms with Crippen LogP contribution in [0.25, 0.3) is 0 Å². The normalized spacial score (nSPS) is 9.60. The van der Waals surface area contributed by atoms with Crippen molar-refractivity contribution >= 4 is 45.2 Å². The summed E-state index contributed by atoms with van der Waals surface area (Å²) >= 11 is 4.54. The van der Waals surface area contributed by atoms with E-state index in [1.165, 1.54) is 0 Å². The lowest BCUT2D eigenvalue weighted by Gasteiger charge is -1.86. The van der Waals surface area contributed by atoms with Crippen molar-refractivity contribution in [2.75, 3.05) is 6.54 Å². The molecule has 0 fully saturated rings. The van der Waals surface area contributed by atoms with Crippen molar-refractivity contribution in [3.8, 4) is 0 Å². The van der Waals surface area contributed by atoms with Crippen molar-refractivity contribution in [2.45, 2.75) is 1.93 Å². The van der Waals surface area contributed by atoms with Crippen LogP contribution in [0.2, 0.25) is 0 Å². The topological polar surface area (TPSA) is 26.0 Å². The second kappa shape index (κ2) is 3.60. The molecule has 0 rings (SSSR count). The quantitative estimate of drug-likeness (QED) is 0.570. The van der Waals surface area contributed by atoms with Gasteiger partial charge in [-0.15, -0.1) is 0 Å². The van der Waals surface area contributed by atoms with Crippen LogP contribution in [0, 0.1) is 0 Å². The maximum Gasteiger partial charge on any atom is 0.0748 e. The number of alkyl halides is 2. The molecule has 0 heterocycles. The van der Waals surface area contributed by atoms with E-state index in [1.807, 2.05) is 0 Å². The lowest BCUT2D eigenvalue weighted by Crippen LogP contribution is -2.04. The summed E-state index contributed by atoms with van der Waals surface area (Å²) in [5.41, 5.74) is 5.16. The zero-order chi connectivity index (χ0) is 4.28. The van der Waals surface area contributed by atoms with E-state index in [0.717, 1.165) is 6.54 Å². The van der Waals surface area contributed by atoms with E-state index < -0.39 is 0 Å². The third kappa shape index (κ3) is 5.42. The molecule has 0 aromatic carbocycles. The van der Waals surface area contributed by atoms with Crippen molar-refractivity contribution in [2.24, 2.45) is 5.73 Å². The van der Waals surface area contributed by atoms with E-state index in [9.17, 15) is 0 Å². The highest BCUT2D eigenvalue weighted by atomic mass is 127. The fraction of sp³-hybridized carbons (Fsp3) is 1.00. The van der Waals surface area contributed by atoms with Gasteiger partial charge in [-0.25, -0.2) is 0 Å². The first kappa shape index (κ1) is 6.42. The summed E-state index contributed by atoms with van der Waals surface area (Å²) in [7, 11) is 0. The Bertz CT molecular complexity index is 21.6. The standard InChI is InChI=1S/C2H5I2N/c3-2(4)1-5/h2H,1,5H2. The van der Waals surface area contributed by atoms with Gasteiger partial charge in [0.05, 0.1) is 1.93 Å². The predicted molar refractivity (Wildman–Crippen MR) is 40.9 cm³/mol. The molecule has 0 radical (unpaired) electrons.